The standard InChI is InChI=1S/C17H18ClFN2O5/c1-17(2)25-13-11(20-15(22)14(13)26-17)16(23)21-6-3-7-24-12-9(21)5-4-8(19)10(12)18/h4-5,11,13-14H,3,6-7H2,1-2H3,(H,20,22)/t11-,13-,14-/m0/s1/i6D2. The highest BCUT2D eigenvalue weighted by molar-refractivity contribution is 6.32. The lowest BCUT2D eigenvalue weighted by Crippen LogP contribution is -2.50. The van der Waals surface area contributed by atoms with Gasteiger partial charge in [-0.1, -0.05) is 11.6 Å². The molecule has 7 nitrogen and oxygen atoms in total. The minimum atomic E-state index is -2.17. The number of carbonyl (C=O) groups is 2. The molecule has 3 aliphatic heterocycles. The van der Waals surface area contributed by atoms with Crippen molar-refractivity contribution in [2.24, 2.45) is 0 Å². The summed E-state index contributed by atoms with van der Waals surface area (Å²) in [7, 11) is 0. The van der Waals surface area contributed by atoms with Gasteiger partial charge in [0.15, 0.2) is 17.6 Å². The van der Waals surface area contributed by atoms with E-state index < -0.39 is 48.2 Å². The monoisotopic (exact) mass is 386 g/mol. The van der Waals surface area contributed by atoms with Crippen molar-refractivity contribution in [3.8, 4) is 5.75 Å². The van der Waals surface area contributed by atoms with Crippen molar-refractivity contribution in [3.63, 3.8) is 0 Å². The Labute approximate surface area is 157 Å². The molecule has 140 valence electrons. The summed E-state index contributed by atoms with van der Waals surface area (Å²) in [5.74, 6) is -3.21. The minimum absolute atomic E-state index is 0.0187. The third-order valence-electron chi connectivity index (χ3n) is 4.39. The molecule has 2 amide bonds. The van der Waals surface area contributed by atoms with E-state index >= 15 is 0 Å². The topological polar surface area (TPSA) is 77.1 Å². The van der Waals surface area contributed by atoms with Crippen molar-refractivity contribution >= 4 is 29.1 Å². The summed E-state index contributed by atoms with van der Waals surface area (Å²) >= 11 is 5.98. The molecule has 1 N–H and O–H groups in total. The number of hydrogen-bond donors (Lipinski definition) is 1. The van der Waals surface area contributed by atoms with Crippen LogP contribution in [-0.2, 0) is 19.1 Å². The average molecular weight is 387 g/mol. The summed E-state index contributed by atoms with van der Waals surface area (Å²) in [5.41, 5.74) is -0.0187. The van der Waals surface area contributed by atoms with Crippen LogP contribution in [0.15, 0.2) is 12.1 Å². The third kappa shape index (κ3) is 2.72. The van der Waals surface area contributed by atoms with Gasteiger partial charge >= 0.3 is 0 Å². The Balaban J connectivity index is 1.76. The van der Waals surface area contributed by atoms with Crippen LogP contribution >= 0.6 is 11.6 Å². The number of anilines is 1. The molecule has 0 bridgehead atoms. The van der Waals surface area contributed by atoms with Crippen LogP contribution in [0.3, 0.4) is 0 Å². The molecular formula is C17H18ClFN2O5. The highest BCUT2D eigenvalue weighted by atomic mass is 35.5. The van der Waals surface area contributed by atoms with Gasteiger partial charge in [-0.05, 0) is 32.4 Å². The lowest BCUT2D eigenvalue weighted by atomic mass is 10.1. The maximum atomic E-state index is 13.9. The van der Waals surface area contributed by atoms with Gasteiger partial charge in [0.25, 0.3) is 11.8 Å². The summed E-state index contributed by atoms with van der Waals surface area (Å²) in [4.78, 5) is 26.5. The number of fused-ring (bicyclic) bond motifs is 2. The Morgan fingerprint density at radius 3 is 3.00 bits per heavy atom. The van der Waals surface area contributed by atoms with Gasteiger partial charge in [0.1, 0.15) is 23.0 Å². The number of hydrogen-bond acceptors (Lipinski definition) is 5. The molecule has 9 heteroatoms. The number of nitrogens with one attached hydrogen (secondary N) is 1. The average Bonchev–Trinajstić information content (AvgIpc) is 3.01. The maximum Gasteiger partial charge on any atom is 0.252 e. The van der Waals surface area contributed by atoms with E-state index in [2.05, 4.69) is 5.32 Å². The Morgan fingerprint density at radius 1 is 1.46 bits per heavy atom. The molecule has 0 aliphatic carbocycles. The molecule has 0 unspecified atom stereocenters. The van der Waals surface area contributed by atoms with Crippen molar-refractivity contribution in [3.05, 3.63) is 23.0 Å². The molecule has 4 rings (SSSR count). The van der Waals surface area contributed by atoms with Crippen molar-refractivity contribution < 1.29 is 30.9 Å². The van der Waals surface area contributed by atoms with Crippen molar-refractivity contribution in [2.45, 2.75) is 44.3 Å². The van der Waals surface area contributed by atoms with E-state index in [1.54, 1.807) is 13.8 Å². The van der Waals surface area contributed by atoms with Crippen LogP contribution < -0.4 is 15.0 Å². The second-order valence-electron chi connectivity index (χ2n) is 6.65. The zero-order chi connectivity index (χ0) is 20.4. The van der Waals surface area contributed by atoms with E-state index in [9.17, 15) is 14.0 Å². The predicted octanol–water partition coefficient (Wildman–Crippen LogP) is 1.61. The van der Waals surface area contributed by atoms with E-state index in [1.165, 1.54) is 6.07 Å². The van der Waals surface area contributed by atoms with Crippen molar-refractivity contribution in [2.75, 3.05) is 18.0 Å². The van der Waals surface area contributed by atoms with Gasteiger partial charge in [-0.25, -0.2) is 4.39 Å². The largest absolute Gasteiger partial charge is 0.490 e. The van der Waals surface area contributed by atoms with E-state index in [-0.39, 0.29) is 29.5 Å². The molecule has 0 spiro atoms. The predicted molar refractivity (Wildman–Crippen MR) is 89.6 cm³/mol. The van der Waals surface area contributed by atoms with Crippen LogP contribution in [0.4, 0.5) is 10.1 Å². The number of nitrogens with zero attached hydrogens (tertiary/aromatic N) is 1. The molecule has 3 heterocycles. The maximum absolute atomic E-state index is 13.9. The quantitative estimate of drug-likeness (QED) is 0.793. The summed E-state index contributed by atoms with van der Waals surface area (Å²) in [6.07, 6.45) is -2.08. The smallest absolute Gasteiger partial charge is 0.252 e. The zero-order valence-electron chi connectivity index (χ0n) is 16.0. The van der Waals surface area contributed by atoms with Gasteiger partial charge in [0, 0.05) is 9.24 Å². The number of amides is 2. The number of rotatable bonds is 1. The van der Waals surface area contributed by atoms with Gasteiger partial charge in [-0.3, -0.25) is 9.59 Å². The second kappa shape index (κ2) is 6.07. The Hall–Kier alpha value is -1.90. The van der Waals surface area contributed by atoms with Crippen molar-refractivity contribution in [1.82, 2.24) is 5.32 Å². The van der Waals surface area contributed by atoms with Crippen LogP contribution in [-0.4, -0.2) is 49.0 Å². The normalized spacial score (nSPS) is 32.5. The van der Waals surface area contributed by atoms with Crippen LogP contribution in [0.1, 0.15) is 23.0 Å². The van der Waals surface area contributed by atoms with Crippen LogP contribution in [0.5, 0.6) is 5.75 Å². The molecule has 3 atom stereocenters. The zero-order valence-corrected chi connectivity index (χ0v) is 14.8. The highest BCUT2D eigenvalue weighted by Crippen LogP contribution is 2.40. The van der Waals surface area contributed by atoms with E-state index in [1.807, 2.05) is 0 Å². The van der Waals surface area contributed by atoms with Gasteiger partial charge < -0.3 is 24.4 Å². The fraction of sp³-hybridized carbons (Fsp3) is 0.529. The molecule has 3 aliphatic rings. The van der Waals surface area contributed by atoms with E-state index in [0.717, 1.165) is 11.0 Å². The van der Waals surface area contributed by atoms with Gasteiger partial charge in [-0.15, -0.1) is 0 Å². The fourth-order valence-corrected chi connectivity index (χ4v) is 3.54. The fourth-order valence-electron chi connectivity index (χ4n) is 3.32. The van der Waals surface area contributed by atoms with E-state index in [0.29, 0.717) is 0 Å². The number of ether oxygens (including phenoxy) is 3. The second-order valence-corrected chi connectivity index (χ2v) is 7.02. The van der Waals surface area contributed by atoms with Crippen LogP contribution in [0.2, 0.25) is 5.02 Å². The third-order valence-corrected chi connectivity index (χ3v) is 4.74. The first kappa shape index (κ1) is 15.2. The molecule has 1 aromatic rings. The Bertz CT molecular complexity index is 868. The number of halogens is 2. The number of carbonyl (C=O) groups excluding carboxylic acids is 2. The highest BCUT2D eigenvalue weighted by Gasteiger charge is 2.57. The SMILES string of the molecule is [2H]C1([2H])CCOc2c(ccc(F)c2Cl)N1C(=O)[C@H]1NC(=O)[C@H]2OC(C)(C)O[C@@H]12. The molecule has 2 fully saturated rings. The Kier molecular flexibility index (Phi) is 3.55. The minimum Gasteiger partial charge on any atom is -0.490 e. The van der Waals surface area contributed by atoms with Gasteiger partial charge in [0.2, 0.25) is 0 Å². The molecular weight excluding hydrogens is 367 g/mol. The first-order chi connectivity index (χ1) is 13.0. The summed E-state index contributed by atoms with van der Waals surface area (Å²) in [5, 5.41) is 2.17. The molecule has 1 aromatic carbocycles. The summed E-state index contributed by atoms with van der Waals surface area (Å²) in [6.45, 7) is 0.970. The van der Waals surface area contributed by atoms with Crippen molar-refractivity contribution in [1.29, 1.82) is 0 Å². The molecule has 0 saturated carbocycles. The Morgan fingerprint density at radius 2 is 2.23 bits per heavy atom. The lowest BCUT2D eigenvalue weighted by molar-refractivity contribution is -0.164. The van der Waals surface area contributed by atoms with E-state index in [4.69, 9.17) is 28.6 Å². The van der Waals surface area contributed by atoms with Gasteiger partial charge in [-0.2, -0.15) is 0 Å². The van der Waals surface area contributed by atoms with Crippen LogP contribution in [0, 0.1) is 5.82 Å². The first-order valence-corrected chi connectivity index (χ1v) is 8.50. The number of benzene rings is 1. The molecule has 0 aromatic heterocycles. The summed E-state index contributed by atoms with van der Waals surface area (Å²) in [6, 6.07) is 1.08. The molecule has 26 heavy (non-hydrogen) atoms. The van der Waals surface area contributed by atoms with Gasteiger partial charge in [0.05, 0.1) is 12.3 Å². The molecule has 2 saturated heterocycles. The van der Waals surface area contributed by atoms with Crippen LogP contribution in [0.25, 0.3) is 0 Å². The summed E-state index contributed by atoms with van der Waals surface area (Å²) < 4.78 is 47.3. The first-order valence-electron chi connectivity index (χ1n) is 9.13. The lowest BCUT2D eigenvalue weighted by Gasteiger charge is -2.28. The molecule has 0 radical (unpaired) electrons.